The highest BCUT2D eigenvalue weighted by atomic mass is 35.5. The Morgan fingerprint density at radius 1 is 0.778 bits per heavy atom. The fraction of sp³-hybridized carbons (Fsp3) is 0.0417. The standard InChI is InChI=1S/C24H18ClNO/c25-20-13-10-17(11-14-20)16-26-24(19-7-2-1-3-8-19)23-21-9-5-4-6-18(21)12-15-22(23)27/h1-16,24,27H. The molecule has 0 saturated heterocycles. The second-order valence-corrected chi connectivity index (χ2v) is 6.80. The highest BCUT2D eigenvalue weighted by molar-refractivity contribution is 6.30. The van der Waals surface area contributed by atoms with Crippen LogP contribution in [-0.4, -0.2) is 11.3 Å². The van der Waals surface area contributed by atoms with E-state index >= 15 is 0 Å². The van der Waals surface area contributed by atoms with E-state index < -0.39 is 0 Å². The monoisotopic (exact) mass is 371 g/mol. The van der Waals surface area contributed by atoms with Crippen molar-refractivity contribution in [3.63, 3.8) is 0 Å². The molecule has 1 unspecified atom stereocenters. The summed E-state index contributed by atoms with van der Waals surface area (Å²) in [6, 6.07) is 29.0. The van der Waals surface area contributed by atoms with Crippen LogP contribution in [0.2, 0.25) is 5.02 Å². The van der Waals surface area contributed by atoms with Gasteiger partial charge in [-0.2, -0.15) is 0 Å². The Bertz CT molecular complexity index is 1090. The van der Waals surface area contributed by atoms with Gasteiger partial charge in [0, 0.05) is 16.8 Å². The topological polar surface area (TPSA) is 32.6 Å². The molecular formula is C24H18ClNO. The number of aromatic hydroxyl groups is 1. The van der Waals surface area contributed by atoms with Gasteiger partial charge in [0.2, 0.25) is 0 Å². The van der Waals surface area contributed by atoms with Crippen LogP contribution in [0.5, 0.6) is 5.75 Å². The molecule has 4 aromatic rings. The van der Waals surface area contributed by atoms with Gasteiger partial charge in [0.1, 0.15) is 11.8 Å². The molecule has 2 nitrogen and oxygen atoms in total. The van der Waals surface area contributed by atoms with Crippen LogP contribution in [0.1, 0.15) is 22.7 Å². The molecule has 0 heterocycles. The van der Waals surface area contributed by atoms with Crippen molar-refractivity contribution in [3.8, 4) is 5.75 Å². The lowest BCUT2D eigenvalue weighted by Crippen LogP contribution is -2.01. The van der Waals surface area contributed by atoms with Gasteiger partial charge in [0.25, 0.3) is 0 Å². The number of hydrogen-bond acceptors (Lipinski definition) is 2. The first-order valence-electron chi connectivity index (χ1n) is 8.77. The van der Waals surface area contributed by atoms with Crippen molar-refractivity contribution in [2.75, 3.05) is 0 Å². The predicted octanol–water partition coefficient (Wildman–Crippen LogP) is 6.41. The number of rotatable bonds is 4. The molecule has 0 aliphatic rings. The number of phenolic OH excluding ortho intramolecular Hbond substituents is 1. The molecule has 3 heteroatoms. The molecule has 1 N–H and O–H groups in total. The maximum Gasteiger partial charge on any atom is 0.121 e. The van der Waals surface area contributed by atoms with Crippen LogP contribution in [0.4, 0.5) is 0 Å². The molecule has 0 aliphatic heterocycles. The Hall–Kier alpha value is -3.10. The Morgan fingerprint density at radius 3 is 2.26 bits per heavy atom. The van der Waals surface area contributed by atoms with E-state index in [0.717, 1.165) is 27.5 Å². The number of fused-ring (bicyclic) bond motifs is 1. The van der Waals surface area contributed by atoms with Crippen LogP contribution in [0.3, 0.4) is 0 Å². The molecule has 0 aliphatic carbocycles. The fourth-order valence-corrected chi connectivity index (χ4v) is 3.37. The molecule has 1 atom stereocenters. The van der Waals surface area contributed by atoms with Crippen LogP contribution in [0, 0.1) is 0 Å². The molecule has 0 radical (unpaired) electrons. The van der Waals surface area contributed by atoms with E-state index in [9.17, 15) is 5.11 Å². The maximum absolute atomic E-state index is 10.7. The second-order valence-electron chi connectivity index (χ2n) is 6.36. The van der Waals surface area contributed by atoms with Gasteiger partial charge >= 0.3 is 0 Å². The third-order valence-electron chi connectivity index (χ3n) is 4.58. The highest BCUT2D eigenvalue weighted by Crippen LogP contribution is 2.38. The van der Waals surface area contributed by atoms with Crippen molar-refractivity contribution in [1.82, 2.24) is 0 Å². The molecule has 4 rings (SSSR count). The number of hydrogen-bond donors (Lipinski definition) is 1. The van der Waals surface area contributed by atoms with E-state index in [2.05, 4.69) is 0 Å². The van der Waals surface area contributed by atoms with Crippen LogP contribution in [0.15, 0.2) is 96.0 Å². The summed E-state index contributed by atoms with van der Waals surface area (Å²) >= 11 is 5.97. The van der Waals surface area contributed by atoms with Gasteiger partial charge in [-0.3, -0.25) is 4.99 Å². The van der Waals surface area contributed by atoms with Gasteiger partial charge in [-0.05, 0) is 40.1 Å². The Labute approximate surface area is 163 Å². The number of halogens is 1. The summed E-state index contributed by atoms with van der Waals surface area (Å²) in [7, 11) is 0. The van der Waals surface area contributed by atoms with Gasteiger partial charge in [-0.15, -0.1) is 0 Å². The van der Waals surface area contributed by atoms with Crippen molar-refractivity contribution in [3.05, 3.63) is 113 Å². The lowest BCUT2D eigenvalue weighted by atomic mass is 9.93. The Morgan fingerprint density at radius 2 is 1.48 bits per heavy atom. The van der Waals surface area contributed by atoms with E-state index in [4.69, 9.17) is 16.6 Å². The van der Waals surface area contributed by atoms with Crippen LogP contribution in [-0.2, 0) is 0 Å². The van der Waals surface area contributed by atoms with Gasteiger partial charge in [-0.1, -0.05) is 84.4 Å². The summed E-state index contributed by atoms with van der Waals surface area (Å²) in [5.41, 5.74) is 2.79. The fourth-order valence-electron chi connectivity index (χ4n) is 3.24. The number of nitrogens with zero attached hydrogens (tertiary/aromatic N) is 1. The number of aliphatic imine (C=N–C) groups is 1. The van der Waals surface area contributed by atoms with Crippen LogP contribution >= 0.6 is 11.6 Å². The SMILES string of the molecule is Oc1ccc2ccccc2c1C(N=Cc1ccc(Cl)cc1)c1ccccc1. The summed E-state index contributed by atoms with van der Waals surface area (Å²) in [4.78, 5) is 4.85. The minimum atomic E-state index is -0.312. The maximum atomic E-state index is 10.7. The van der Waals surface area contributed by atoms with E-state index in [-0.39, 0.29) is 11.8 Å². The zero-order chi connectivity index (χ0) is 18.6. The van der Waals surface area contributed by atoms with Gasteiger partial charge in [0.15, 0.2) is 0 Å². The average Bonchev–Trinajstić information content (AvgIpc) is 2.71. The summed E-state index contributed by atoms with van der Waals surface area (Å²) < 4.78 is 0. The molecule has 132 valence electrons. The Balaban J connectivity index is 1.87. The first-order valence-corrected chi connectivity index (χ1v) is 9.14. The average molecular weight is 372 g/mol. The third-order valence-corrected chi connectivity index (χ3v) is 4.83. The van der Waals surface area contributed by atoms with Crippen LogP contribution in [0.25, 0.3) is 10.8 Å². The molecule has 0 aromatic heterocycles. The van der Waals surface area contributed by atoms with E-state index in [0.29, 0.717) is 5.02 Å². The number of benzene rings is 4. The lowest BCUT2D eigenvalue weighted by Gasteiger charge is -2.17. The largest absolute Gasteiger partial charge is 0.508 e. The van der Waals surface area contributed by atoms with Gasteiger partial charge < -0.3 is 5.11 Å². The van der Waals surface area contributed by atoms with Crippen molar-refractivity contribution >= 4 is 28.6 Å². The van der Waals surface area contributed by atoms with E-state index in [1.807, 2.05) is 91.1 Å². The molecule has 0 spiro atoms. The number of phenols is 1. The quantitative estimate of drug-likeness (QED) is 0.413. The highest BCUT2D eigenvalue weighted by Gasteiger charge is 2.19. The first-order chi connectivity index (χ1) is 13.2. The minimum absolute atomic E-state index is 0.246. The van der Waals surface area contributed by atoms with Crippen LogP contribution < -0.4 is 0 Å². The molecule has 0 bridgehead atoms. The minimum Gasteiger partial charge on any atom is -0.508 e. The molecule has 0 fully saturated rings. The summed E-state index contributed by atoms with van der Waals surface area (Å²) in [6.45, 7) is 0. The van der Waals surface area contributed by atoms with Crippen molar-refractivity contribution in [1.29, 1.82) is 0 Å². The molecular weight excluding hydrogens is 354 g/mol. The van der Waals surface area contributed by atoms with E-state index in [1.165, 1.54) is 0 Å². The molecule has 27 heavy (non-hydrogen) atoms. The zero-order valence-electron chi connectivity index (χ0n) is 14.6. The molecule has 0 amide bonds. The summed E-state index contributed by atoms with van der Waals surface area (Å²) in [6.07, 6.45) is 1.83. The third kappa shape index (κ3) is 3.71. The smallest absolute Gasteiger partial charge is 0.121 e. The van der Waals surface area contributed by atoms with Crippen molar-refractivity contribution < 1.29 is 5.11 Å². The second kappa shape index (κ2) is 7.65. The lowest BCUT2D eigenvalue weighted by molar-refractivity contribution is 0.467. The Kier molecular flexibility index (Phi) is 4.91. The first kappa shape index (κ1) is 17.3. The molecule has 0 saturated carbocycles. The summed E-state index contributed by atoms with van der Waals surface area (Å²) in [5, 5.41) is 13.5. The van der Waals surface area contributed by atoms with Gasteiger partial charge in [0.05, 0.1) is 0 Å². The van der Waals surface area contributed by atoms with Gasteiger partial charge in [-0.25, -0.2) is 0 Å². The summed E-state index contributed by atoms with van der Waals surface area (Å²) in [5.74, 6) is 0.246. The van der Waals surface area contributed by atoms with Crippen molar-refractivity contribution in [2.45, 2.75) is 6.04 Å². The van der Waals surface area contributed by atoms with E-state index in [1.54, 1.807) is 6.07 Å². The zero-order valence-corrected chi connectivity index (χ0v) is 15.3. The molecule has 4 aromatic carbocycles. The predicted molar refractivity (Wildman–Crippen MR) is 113 cm³/mol. The van der Waals surface area contributed by atoms with Crippen molar-refractivity contribution in [2.24, 2.45) is 4.99 Å². The normalized spacial score (nSPS) is 12.5.